The Hall–Kier alpha value is -2.11. The van der Waals surface area contributed by atoms with Crippen LogP contribution in [0.25, 0.3) is 10.9 Å². The molecule has 2 aromatic carbocycles. The first-order valence-corrected chi connectivity index (χ1v) is 7.59. The Morgan fingerprint density at radius 2 is 1.82 bits per heavy atom. The number of aromatic nitrogens is 1. The minimum atomic E-state index is -0.682. The number of carbonyl (C=O) groups is 2. The van der Waals surface area contributed by atoms with Gasteiger partial charge < -0.3 is 10.3 Å². The Morgan fingerprint density at radius 3 is 2.55 bits per heavy atom. The molecule has 0 spiro atoms. The lowest BCUT2D eigenvalue weighted by molar-refractivity contribution is -0.112. The smallest absolute Gasteiger partial charge is 0.296 e. The van der Waals surface area contributed by atoms with Gasteiger partial charge in [-0.05, 0) is 36.4 Å². The molecule has 0 bridgehead atoms. The number of amides is 1. The Labute approximate surface area is 139 Å². The molecule has 0 saturated heterocycles. The fraction of sp³-hybridized carbons (Fsp3) is 0. The highest BCUT2D eigenvalue weighted by molar-refractivity contribution is 9.10. The molecule has 0 atom stereocenters. The summed E-state index contributed by atoms with van der Waals surface area (Å²) in [5.74, 6) is -1.28. The first kappa shape index (κ1) is 14.8. The molecule has 0 radical (unpaired) electrons. The molecule has 2 N–H and O–H groups in total. The van der Waals surface area contributed by atoms with Crippen LogP contribution in [0.1, 0.15) is 10.4 Å². The summed E-state index contributed by atoms with van der Waals surface area (Å²) in [4.78, 5) is 27.3. The summed E-state index contributed by atoms with van der Waals surface area (Å²) in [7, 11) is 0. The lowest BCUT2D eigenvalue weighted by Crippen LogP contribution is -2.22. The van der Waals surface area contributed by atoms with E-state index in [9.17, 15) is 9.59 Å². The number of hydrogen-bond acceptors (Lipinski definition) is 2. The number of H-pyrrole nitrogens is 1. The molecular formula is C16H10BrClN2O2. The van der Waals surface area contributed by atoms with Crippen molar-refractivity contribution in [1.82, 2.24) is 4.98 Å². The highest BCUT2D eigenvalue weighted by atomic mass is 79.9. The lowest BCUT2D eigenvalue weighted by Gasteiger charge is -2.04. The normalized spacial score (nSPS) is 10.6. The number of nitrogens with one attached hydrogen (secondary N) is 2. The summed E-state index contributed by atoms with van der Waals surface area (Å²) >= 11 is 9.21. The van der Waals surface area contributed by atoms with E-state index in [1.807, 2.05) is 0 Å². The predicted octanol–water partition coefficient (Wildman–Crippen LogP) is 4.41. The van der Waals surface area contributed by atoms with Crippen molar-refractivity contribution in [3.05, 3.63) is 63.7 Å². The van der Waals surface area contributed by atoms with E-state index in [2.05, 4.69) is 26.2 Å². The van der Waals surface area contributed by atoms with Gasteiger partial charge in [-0.3, -0.25) is 9.59 Å². The Balaban J connectivity index is 1.85. The van der Waals surface area contributed by atoms with Crippen molar-refractivity contribution in [3.8, 4) is 0 Å². The van der Waals surface area contributed by atoms with Gasteiger partial charge in [0.1, 0.15) is 0 Å². The third-order valence-electron chi connectivity index (χ3n) is 3.20. The van der Waals surface area contributed by atoms with Gasteiger partial charge in [0, 0.05) is 32.3 Å². The molecule has 0 aliphatic rings. The molecule has 0 fully saturated rings. The monoisotopic (exact) mass is 376 g/mol. The quantitative estimate of drug-likeness (QED) is 0.525. The number of anilines is 1. The molecular weight excluding hydrogens is 368 g/mol. The van der Waals surface area contributed by atoms with Crippen molar-refractivity contribution in [2.45, 2.75) is 0 Å². The lowest BCUT2D eigenvalue weighted by atomic mass is 10.1. The molecule has 110 valence electrons. The van der Waals surface area contributed by atoms with Gasteiger partial charge in [0.05, 0.1) is 5.56 Å². The van der Waals surface area contributed by atoms with Gasteiger partial charge in [0.15, 0.2) is 0 Å². The van der Waals surface area contributed by atoms with Crippen LogP contribution in [0, 0.1) is 0 Å². The number of fused-ring (bicyclic) bond motifs is 1. The van der Waals surface area contributed by atoms with Crippen LogP contribution in [0.5, 0.6) is 0 Å². The number of aromatic amines is 1. The first-order chi connectivity index (χ1) is 10.5. The van der Waals surface area contributed by atoms with Crippen molar-refractivity contribution in [2.75, 3.05) is 5.32 Å². The van der Waals surface area contributed by atoms with Crippen LogP contribution in [0.3, 0.4) is 0 Å². The van der Waals surface area contributed by atoms with Gasteiger partial charge in [-0.2, -0.15) is 0 Å². The van der Waals surface area contributed by atoms with Crippen LogP contribution in [-0.4, -0.2) is 16.7 Å². The number of hydrogen-bond donors (Lipinski definition) is 2. The summed E-state index contributed by atoms with van der Waals surface area (Å²) < 4.78 is 0.894. The number of carbonyl (C=O) groups excluding carboxylic acids is 2. The average molecular weight is 378 g/mol. The zero-order valence-corrected chi connectivity index (χ0v) is 13.5. The van der Waals surface area contributed by atoms with Gasteiger partial charge in [0.2, 0.25) is 0 Å². The predicted molar refractivity (Wildman–Crippen MR) is 90.4 cm³/mol. The molecule has 0 aliphatic carbocycles. The van der Waals surface area contributed by atoms with E-state index < -0.39 is 11.7 Å². The number of benzene rings is 2. The van der Waals surface area contributed by atoms with Crippen LogP contribution < -0.4 is 5.32 Å². The van der Waals surface area contributed by atoms with Crippen molar-refractivity contribution in [1.29, 1.82) is 0 Å². The third-order valence-corrected chi connectivity index (χ3v) is 3.96. The molecule has 0 unspecified atom stereocenters. The highest BCUT2D eigenvalue weighted by Crippen LogP contribution is 2.23. The van der Waals surface area contributed by atoms with Crippen molar-refractivity contribution in [2.24, 2.45) is 0 Å². The molecule has 1 aromatic heterocycles. The van der Waals surface area contributed by atoms with Crippen LogP contribution in [0.2, 0.25) is 5.02 Å². The summed E-state index contributed by atoms with van der Waals surface area (Å²) in [5.41, 5.74) is 1.60. The van der Waals surface area contributed by atoms with E-state index in [0.29, 0.717) is 27.2 Å². The van der Waals surface area contributed by atoms with E-state index in [1.54, 1.807) is 42.5 Å². The van der Waals surface area contributed by atoms with Gasteiger partial charge in [-0.15, -0.1) is 0 Å². The maximum atomic E-state index is 12.3. The molecule has 0 aliphatic heterocycles. The molecule has 1 heterocycles. The Kier molecular flexibility index (Phi) is 4.00. The molecule has 4 nitrogen and oxygen atoms in total. The van der Waals surface area contributed by atoms with Crippen molar-refractivity contribution in [3.63, 3.8) is 0 Å². The largest absolute Gasteiger partial charge is 0.360 e. The maximum absolute atomic E-state index is 12.3. The van der Waals surface area contributed by atoms with Crippen molar-refractivity contribution >= 4 is 55.8 Å². The summed E-state index contributed by atoms with van der Waals surface area (Å²) in [6, 6.07) is 12.1. The van der Waals surface area contributed by atoms with Crippen LogP contribution in [0.15, 0.2) is 53.1 Å². The second kappa shape index (κ2) is 5.94. The standard InChI is InChI=1S/C16H10BrClN2O2/c17-9-1-4-11(5-2-9)20-16(22)15(21)13-8-19-14-7-10(18)3-6-12(13)14/h1-8,19H,(H,20,22). The van der Waals surface area contributed by atoms with E-state index in [4.69, 9.17) is 11.6 Å². The summed E-state index contributed by atoms with van der Waals surface area (Å²) in [6.07, 6.45) is 1.52. The van der Waals surface area contributed by atoms with Gasteiger partial charge in [0.25, 0.3) is 11.7 Å². The van der Waals surface area contributed by atoms with E-state index >= 15 is 0 Å². The van der Waals surface area contributed by atoms with Gasteiger partial charge in [-0.1, -0.05) is 33.6 Å². The fourth-order valence-electron chi connectivity index (χ4n) is 2.13. The number of halogens is 2. The molecule has 22 heavy (non-hydrogen) atoms. The maximum Gasteiger partial charge on any atom is 0.296 e. The number of rotatable bonds is 3. The van der Waals surface area contributed by atoms with Gasteiger partial charge >= 0.3 is 0 Å². The fourth-order valence-corrected chi connectivity index (χ4v) is 2.57. The molecule has 3 rings (SSSR count). The second-order valence-electron chi connectivity index (χ2n) is 4.68. The zero-order chi connectivity index (χ0) is 15.7. The zero-order valence-electron chi connectivity index (χ0n) is 11.2. The topological polar surface area (TPSA) is 62.0 Å². The van der Waals surface area contributed by atoms with Crippen molar-refractivity contribution < 1.29 is 9.59 Å². The Bertz CT molecular complexity index is 871. The van der Waals surface area contributed by atoms with E-state index in [1.165, 1.54) is 6.20 Å². The van der Waals surface area contributed by atoms with E-state index in [0.717, 1.165) is 4.47 Å². The highest BCUT2D eigenvalue weighted by Gasteiger charge is 2.20. The average Bonchev–Trinajstić information content (AvgIpc) is 2.91. The first-order valence-electron chi connectivity index (χ1n) is 6.42. The number of Topliss-reactive ketones (excluding diaryl/α,β-unsaturated/α-hetero) is 1. The van der Waals surface area contributed by atoms with Gasteiger partial charge in [-0.25, -0.2) is 0 Å². The van der Waals surface area contributed by atoms with Crippen LogP contribution in [-0.2, 0) is 4.79 Å². The Morgan fingerprint density at radius 1 is 1.09 bits per heavy atom. The van der Waals surface area contributed by atoms with E-state index in [-0.39, 0.29) is 0 Å². The molecule has 3 aromatic rings. The van der Waals surface area contributed by atoms with Crippen LogP contribution in [0.4, 0.5) is 5.69 Å². The minimum absolute atomic E-state index is 0.321. The SMILES string of the molecule is O=C(Nc1ccc(Br)cc1)C(=O)c1c[nH]c2cc(Cl)ccc12. The molecule has 0 saturated carbocycles. The minimum Gasteiger partial charge on any atom is -0.360 e. The second-order valence-corrected chi connectivity index (χ2v) is 6.03. The van der Waals surface area contributed by atoms with Crippen LogP contribution >= 0.6 is 27.5 Å². The summed E-state index contributed by atoms with van der Waals surface area (Å²) in [6.45, 7) is 0. The summed E-state index contributed by atoms with van der Waals surface area (Å²) in [5, 5.41) is 3.81. The molecule has 1 amide bonds. The number of ketones is 1. The molecule has 6 heteroatoms. The third kappa shape index (κ3) is 2.91.